The van der Waals surface area contributed by atoms with Crippen LogP contribution in [0.3, 0.4) is 0 Å². The van der Waals surface area contributed by atoms with Crippen molar-refractivity contribution in [2.24, 2.45) is 41.4 Å². The summed E-state index contributed by atoms with van der Waals surface area (Å²) < 4.78 is 35.1. The molecular weight excluding hydrogens is 831 g/mol. The summed E-state index contributed by atoms with van der Waals surface area (Å²) >= 11 is 0. The van der Waals surface area contributed by atoms with E-state index in [4.69, 9.17) is 28.4 Å². The first-order valence-corrected chi connectivity index (χ1v) is 22.8. The second kappa shape index (κ2) is 22.6. The Morgan fingerprint density at radius 1 is 0.938 bits per heavy atom. The van der Waals surface area contributed by atoms with Crippen LogP contribution in [-0.2, 0) is 38.0 Å². The zero-order valence-electron chi connectivity index (χ0n) is 39.9. The highest BCUT2D eigenvalue weighted by Gasteiger charge is 2.54. The molecule has 2 aliphatic heterocycles. The Balaban J connectivity index is 1.30. The minimum Gasteiger partial charge on any atom is -0.490 e. The summed E-state index contributed by atoms with van der Waals surface area (Å²) in [6, 6.07) is 16.0. The van der Waals surface area contributed by atoms with Crippen LogP contribution in [0, 0.1) is 41.4 Å². The Hall–Kier alpha value is -4.79. The summed E-state index contributed by atoms with van der Waals surface area (Å²) in [5, 5.41) is 38.1. The summed E-state index contributed by atoms with van der Waals surface area (Å²) in [6.45, 7) is 16.3. The third-order valence-corrected chi connectivity index (χ3v) is 13.6. The van der Waals surface area contributed by atoms with Crippen molar-refractivity contribution in [3.8, 4) is 11.1 Å². The number of aliphatic hydroxyl groups excluding tert-OH is 2. The van der Waals surface area contributed by atoms with Crippen molar-refractivity contribution >= 4 is 18.0 Å². The van der Waals surface area contributed by atoms with E-state index in [9.17, 15) is 29.7 Å². The molecule has 12 atom stereocenters. The second-order valence-corrected chi connectivity index (χ2v) is 18.7. The van der Waals surface area contributed by atoms with Crippen molar-refractivity contribution in [1.82, 2.24) is 5.32 Å². The van der Waals surface area contributed by atoms with Crippen LogP contribution in [0.15, 0.2) is 95.8 Å². The number of methoxy groups -OCH3 is 2. The van der Waals surface area contributed by atoms with E-state index in [0.717, 1.165) is 27.8 Å². The van der Waals surface area contributed by atoms with Gasteiger partial charge in [0, 0.05) is 37.2 Å². The molecule has 2 heterocycles. The maximum Gasteiger partial charge on any atom is 0.409 e. The molecule has 0 aromatic heterocycles. The maximum absolute atomic E-state index is 13.8. The van der Waals surface area contributed by atoms with Crippen LogP contribution in [0.25, 0.3) is 11.1 Å². The number of hydrogen-bond acceptors (Lipinski definition) is 12. The van der Waals surface area contributed by atoms with Gasteiger partial charge in [0.1, 0.15) is 18.8 Å². The van der Waals surface area contributed by atoms with Gasteiger partial charge in [-0.05, 0) is 66.4 Å². The molecule has 1 aliphatic carbocycles. The fourth-order valence-electron chi connectivity index (χ4n) is 9.79. The third kappa shape index (κ3) is 12.2. The predicted molar refractivity (Wildman–Crippen MR) is 247 cm³/mol. The Bertz CT molecular complexity index is 2050. The molecule has 3 aliphatic rings. The summed E-state index contributed by atoms with van der Waals surface area (Å²) in [5.41, 5.74) is 6.05. The van der Waals surface area contributed by atoms with Crippen molar-refractivity contribution < 1.29 is 58.1 Å². The molecule has 0 radical (unpaired) electrons. The van der Waals surface area contributed by atoms with E-state index in [-0.39, 0.29) is 42.5 Å². The number of ether oxygens (including phenoxy) is 6. The number of amides is 1. The van der Waals surface area contributed by atoms with Crippen LogP contribution in [0.2, 0.25) is 0 Å². The number of fused-ring (bicyclic) bond motifs is 3. The molecule has 0 spiro atoms. The fraction of sp³-hybridized carbons (Fsp3) is 0.558. The number of aliphatic hydroxyl groups is 3. The van der Waals surface area contributed by atoms with Gasteiger partial charge >= 0.3 is 18.0 Å². The zero-order chi connectivity index (χ0) is 47.7. The summed E-state index contributed by atoms with van der Waals surface area (Å²) in [7, 11) is 2.83. The Kier molecular flexibility index (Phi) is 17.8. The molecule has 2 aromatic carbocycles. The highest BCUT2D eigenvalue weighted by Crippen LogP contribution is 2.46. The van der Waals surface area contributed by atoms with Gasteiger partial charge in [0.05, 0.1) is 31.3 Å². The van der Waals surface area contributed by atoms with E-state index < -0.39 is 84.7 Å². The molecular formula is C52H71NO12. The van der Waals surface area contributed by atoms with E-state index in [2.05, 4.69) is 17.4 Å². The fourth-order valence-corrected chi connectivity index (χ4v) is 9.79. The van der Waals surface area contributed by atoms with Crippen molar-refractivity contribution in [2.45, 2.75) is 117 Å². The Labute approximate surface area is 384 Å². The van der Waals surface area contributed by atoms with Crippen LogP contribution < -0.4 is 5.32 Å². The highest BCUT2D eigenvalue weighted by molar-refractivity contribution is 5.87. The van der Waals surface area contributed by atoms with Crippen LogP contribution in [0.5, 0.6) is 0 Å². The highest BCUT2D eigenvalue weighted by atomic mass is 16.6. The molecule has 4 N–H and O–H groups in total. The average Bonchev–Trinajstić information content (AvgIpc) is 3.60. The molecule has 0 saturated carbocycles. The predicted octanol–water partition coefficient (Wildman–Crippen LogP) is 7.99. The number of carbonyl (C=O) groups excluding carboxylic acids is 3. The van der Waals surface area contributed by atoms with Gasteiger partial charge in [0.25, 0.3) is 0 Å². The standard InChI is InChI=1S/C52H71NO12/c1-29(2)47-34(7)41(49(56)63-28-53-51(58)62-27-42-39-20-14-12-18-37(39)38-19-13-15-21-40(38)42)26-52(59,65-47)36(9)46(55)35(8)48-43(60-10)22-16-17-30(3)23-32(5)45(54)33(6)24-31(4)25-44(61-11)50(57)64-48/h12-22,24-25,29,32-36,41-43,45-48,54-55,59H,23,26-28H2,1-11H3,(H,53,58)/b22-16+,30-17+,31-24+,44-25-/t32-,33+,34-,35-,36-,41+,43-,45-,46+,47+,48+,52+/m0/s1. The molecule has 13 heteroatoms. The maximum atomic E-state index is 13.8. The Morgan fingerprint density at radius 3 is 2.17 bits per heavy atom. The van der Waals surface area contributed by atoms with E-state index in [0.29, 0.717) is 12.0 Å². The topological polar surface area (TPSA) is 179 Å². The van der Waals surface area contributed by atoms with Gasteiger partial charge in [-0.15, -0.1) is 0 Å². The lowest BCUT2D eigenvalue weighted by molar-refractivity contribution is -0.322. The number of cyclic esters (lactones) is 1. The van der Waals surface area contributed by atoms with Gasteiger partial charge in [-0.1, -0.05) is 132 Å². The number of carbonyl (C=O) groups is 3. The lowest BCUT2D eigenvalue weighted by Gasteiger charge is -2.50. The van der Waals surface area contributed by atoms with Gasteiger partial charge in [0.2, 0.25) is 5.76 Å². The molecule has 2 aromatic rings. The molecule has 13 nitrogen and oxygen atoms in total. The second-order valence-electron chi connectivity index (χ2n) is 18.7. The molecule has 0 unspecified atom stereocenters. The van der Waals surface area contributed by atoms with Crippen molar-refractivity contribution in [3.63, 3.8) is 0 Å². The first-order chi connectivity index (χ1) is 30.8. The number of esters is 2. The van der Waals surface area contributed by atoms with Crippen molar-refractivity contribution in [1.29, 1.82) is 0 Å². The number of allylic oxidation sites excluding steroid dienone is 5. The minimum atomic E-state index is -2.03. The summed E-state index contributed by atoms with van der Waals surface area (Å²) in [4.78, 5) is 40.6. The molecule has 5 rings (SSSR count). The quantitative estimate of drug-likeness (QED) is 0.0918. The first kappa shape index (κ1) is 51.2. The van der Waals surface area contributed by atoms with Gasteiger partial charge in [-0.25, -0.2) is 9.59 Å². The van der Waals surface area contributed by atoms with Crippen molar-refractivity contribution in [3.05, 3.63) is 107 Å². The lowest BCUT2D eigenvalue weighted by Crippen LogP contribution is -2.59. The lowest BCUT2D eigenvalue weighted by atomic mass is 9.72. The number of benzene rings is 2. The molecule has 0 bridgehead atoms. The van der Waals surface area contributed by atoms with Gasteiger partial charge in [-0.2, -0.15) is 0 Å². The summed E-state index contributed by atoms with van der Waals surface area (Å²) in [5.74, 6) is -7.31. The SMILES string of the molecule is CO/C1=C\C(C)=C\[C@@H](C)[C@@H](O)[C@@H](C)C/C(C)=C/C=C/[C@H](OC)[C@@H]([C@@H](C)[C@@H](O)[C@H](C)[C@@]2(O)C[C@@H](C(=O)OCNC(=O)OCC3c4ccccc4-c4ccccc43)[C@H](C)[C@@H](C(C)C)O2)OC1=O. The minimum absolute atomic E-state index is 0.0523. The average molecular weight is 902 g/mol. The number of hydrogen-bond donors (Lipinski definition) is 4. The third-order valence-electron chi connectivity index (χ3n) is 13.6. The zero-order valence-corrected chi connectivity index (χ0v) is 39.9. The first-order valence-electron chi connectivity index (χ1n) is 22.8. The molecule has 1 fully saturated rings. The van der Waals surface area contributed by atoms with Gasteiger partial charge in [-0.3, -0.25) is 10.1 Å². The largest absolute Gasteiger partial charge is 0.490 e. The van der Waals surface area contributed by atoms with E-state index >= 15 is 0 Å². The smallest absolute Gasteiger partial charge is 0.409 e. The number of nitrogens with one attached hydrogen (secondary N) is 1. The van der Waals surface area contributed by atoms with Crippen molar-refractivity contribution in [2.75, 3.05) is 27.6 Å². The van der Waals surface area contributed by atoms with Crippen LogP contribution in [0.4, 0.5) is 4.79 Å². The normalized spacial score (nSPS) is 32.1. The van der Waals surface area contributed by atoms with Crippen LogP contribution in [0.1, 0.15) is 92.2 Å². The monoisotopic (exact) mass is 901 g/mol. The Morgan fingerprint density at radius 2 is 1.57 bits per heavy atom. The van der Waals surface area contributed by atoms with Crippen LogP contribution >= 0.6 is 0 Å². The van der Waals surface area contributed by atoms with E-state index in [1.807, 2.05) is 90.1 Å². The van der Waals surface area contributed by atoms with Gasteiger partial charge in [0.15, 0.2) is 12.5 Å². The van der Waals surface area contributed by atoms with E-state index in [1.54, 1.807) is 39.0 Å². The number of alkyl carbamates (subject to hydrolysis) is 1. The van der Waals surface area contributed by atoms with Gasteiger partial charge < -0.3 is 43.7 Å². The van der Waals surface area contributed by atoms with E-state index in [1.165, 1.54) is 14.2 Å². The molecule has 1 amide bonds. The number of rotatable bonds is 12. The van der Waals surface area contributed by atoms with Crippen LogP contribution in [-0.4, -0.2) is 97.2 Å². The molecule has 356 valence electrons. The molecule has 1 saturated heterocycles. The summed E-state index contributed by atoms with van der Waals surface area (Å²) in [6.07, 6.45) is 3.98. The molecule has 65 heavy (non-hydrogen) atoms.